The van der Waals surface area contributed by atoms with E-state index in [2.05, 4.69) is 19.2 Å². The molecule has 1 aliphatic heterocycles. The molecular formula is C15H30N2O2. The van der Waals surface area contributed by atoms with Gasteiger partial charge in [0.2, 0.25) is 0 Å². The fourth-order valence-corrected chi connectivity index (χ4v) is 2.47. The van der Waals surface area contributed by atoms with Gasteiger partial charge in [0.1, 0.15) is 5.60 Å². The number of piperidine rings is 1. The number of ether oxygens (including phenoxy) is 1. The number of carbonyl (C=O) groups is 1. The maximum Gasteiger partial charge on any atom is 0.410 e. The molecule has 0 radical (unpaired) electrons. The third kappa shape index (κ3) is 5.81. The number of nitrogens with zero attached hydrogens (tertiary/aromatic N) is 1. The van der Waals surface area contributed by atoms with E-state index in [1.165, 1.54) is 0 Å². The van der Waals surface area contributed by atoms with Crippen LogP contribution >= 0.6 is 0 Å². The van der Waals surface area contributed by atoms with Crippen molar-refractivity contribution in [2.24, 2.45) is 5.92 Å². The molecule has 0 aliphatic carbocycles. The number of nitrogens with one attached hydrogen (secondary N) is 1. The standard InChI is InChI=1S/C15H30N2O2/c1-6-8-16-13-9-12(7-2)10-17(11-13)14(18)19-15(3,4)5/h12-13,16H,6-11H2,1-5H3. The largest absolute Gasteiger partial charge is 0.444 e. The van der Waals surface area contributed by atoms with E-state index in [0.29, 0.717) is 12.0 Å². The van der Waals surface area contributed by atoms with Crippen LogP contribution in [0.25, 0.3) is 0 Å². The van der Waals surface area contributed by atoms with Crippen molar-refractivity contribution in [3.05, 3.63) is 0 Å². The second-order valence-corrected chi connectivity index (χ2v) is 6.55. The Morgan fingerprint density at radius 2 is 2.00 bits per heavy atom. The van der Waals surface area contributed by atoms with Gasteiger partial charge in [-0.1, -0.05) is 20.3 Å². The molecule has 2 atom stereocenters. The molecule has 2 unspecified atom stereocenters. The predicted octanol–water partition coefficient (Wildman–Crippen LogP) is 3.02. The molecule has 1 heterocycles. The van der Waals surface area contributed by atoms with Gasteiger partial charge >= 0.3 is 6.09 Å². The smallest absolute Gasteiger partial charge is 0.410 e. The van der Waals surface area contributed by atoms with Gasteiger partial charge in [0.25, 0.3) is 0 Å². The molecule has 112 valence electrons. The van der Waals surface area contributed by atoms with Gasteiger partial charge < -0.3 is 15.0 Å². The zero-order chi connectivity index (χ0) is 14.5. The van der Waals surface area contributed by atoms with E-state index >= 15 is 0 Å². The summed E-state index contributed by atoms with van der Waals surface area (Å²) in [7, 11) is 0. The summed E-state index contributed by atoms with van der Waals surface area (Å²) in [5, 5.41) is 3.53. The van der Waals surface area contributed by atoms with Crippen molar-refractivity contribution in [1.29, 1.82) is 0 Å². The van der Waals surface area contributed by atoms with E-state index in [1.54, 1.807) is 0 Å². The van der Waals surface area contributed by atoms with Crippen LogP contribution in [0.3, 0.4) is 0 Å². The third-order valence-electron chi connectivity index (χ3n) is 3.45. The number of carbonyl (C=O) groups excluding carboxylic acids is 1. The van der Waals surface area contributed by atoms with E-state index in [1.807, 2.05) is 25.7 Å². The van der Waals surface area contributed by atoms with Crippen LogP contribution in [-0.2, 0) is 4.74 Å². The molecule has 19 heavy (non-hydrogen) atoms. The molecule has 1 N–H and O–H groups in total. The van der Waals surface area contributed by atoms with Crippen LogP contribution < -0.4 is 5.32 Å². The van der Waals surface area contributed by atoms with Crippen molar-refractivity contribution >= 4 is 6.09 Å². The summed E-state index contributed by atoms with van der Waals surface area (Å²) in [6, 6.07) is 0.408. The molecular weight excluding hydrogens is 240 g/mol. The second kappa shape index (κ2) is 7.13. The Kier molecular flexibility index (Phi) is 6.11. The first-order valence-corrected chi connectivity index (χ1v) is 7.57. The molecule has 0 aromatic heterocycles. The number of rotatable bonds is 4. The molecule has 4 nitrogen and oxygen atoms in total. The lowest BCUT2D eigenvalue weighted by Crippen LogP contribution is -2.52. The minimum absolute atomic E-state index is 0.172. The van der Waals surface area contributed by atoms with Gasteiger partial charge in [-0.2, -0.15) is 0 Å². The van der Waals surface area contributed by atoms with Crippen LogP contribution in [0.4, 0.5) is 4.79 Å². The topological polar surface area (TPSA) is 41.6 Å². The summed E-state index contributed by atoms with van der Waals surface area (Å²) in [5.41, 5.74) is -0.414. The zero-order valence-corrected chi connectivity index (χ0v) is 13.2. The van der Waals surface area contributed by atoms with Gasteiger partial charge in [0.15, 0.2) is 0 Å². The van der Waals surface area contributed by atoms with Crippen LogP contribution in [0, 0.1) is 5.92 Å². The van der Waals surface area contributed by atoms with E-state index in [-0.39, 0.29) is 6.09 Å². The first-order valence-electron chi connectivity index (χ1n) is 7.57. The quantitative estimate of drug-likeness (QED) is 0.854. The number of hydrogen-bond donors (Lipinski definition) is 1. The van der Waals surface area contributed by atoms with Gasteiger partial charge in [0.05, 0.1) is 0 Å². The van der Waals surface area contributed by atoms with E-state index in [9.17, 15) is 4.79 Å². The summed E-state index contributed by atoms with van der Waals surface area (Å²) in [6.07, 6.45) is 3.23. The third-order valence-corrected chi connectivity index (χ3v) is 3.45. The zero-order valence-electron chi connectivity index (χ0n) is 13.2. The van der Waals surface area contributed by atoms with Crippen LogP contribution in [0.2, 0.25) is 0 Å². The first-order chi connectivity index (χ1) is 8.85. The molecule has 0 aromatic carbocycles. The lowest BCUT2D eigenvalue weighted by atomic mass is 9.92. The summed E-state index contributed by atoms with van der Waals surface area (Å²) >= 11 is 0. The highest BCUT2D eigenvalue weighted by Crippen LogP contribution is 2.21. The van der Waals surface area contributed by atoms with Gasteiger partial charge in [-0.15, -0.1) is 0 Å². The van der Waals surface area contributed by atoms with Gasteiger partial charge in [-0.25, -0.2) is 4.79 Å². The Morgan fingerprint density at radius 3 is 2.53 bits per heavy atom. The minimum atomic E-state index is -0.414. The van der Waals surface area contributed by atoms with Crippen LogP contribution in [0.5, 0.6) is 0 Å². The van der Waals surface area contributed by atoms with E-state index < -0.39 is 5.60 Å². The van der Waals surface area contributed by atoms with Crippen molar-refractivity contribution in [1.82, 2.24) is 10.2 Å². The monoisotopic (exact) mass is 270 g/mol. The molecule has 1 amide bonds. The molecule has 4 heteroatoms. The Bertz CT molecular complexity index is 286. The Labute approximate surface area is 117 Å². The Morgan fingerprint density at radius 1 is 1.32 bits per heavy atom. The van der Waals surface area contributed by atoms with Crippen LogP contribution in [-0.4, -0.2) is 42.3 Å². The van der Waals surface area contributed by atoms with Gasteiger partial charge in [0, 0.05) is 19.1 Å². The molecule has 1 fully saturated rings. The fraction of sp³-hybridized carbons (Fsp3) is 0.933. The highest BCUT2D eigenvalue weighted by atomic mass is 16.6. The number of likely N-dealkylation sites (tertiary alicyclic amines) is 1. The molecule has 0 aromatic rings. The highest BCUT2D eigenvalue weighted by Gasteiger charge is 2.31. The van der Waals surface area contributed by atoms with Gasteiger partial charge in [-0.3, -0.25) is 0 Å². The summed E-state index contributed by atoms with van der Waals surface area (Å²) < 4.78 is 5.48. The Balaban J connectivity index is 2.58. The number of hydrogen-bond acceptors (Lipinski definition) is 3. The van der Waals surface area contributed by atoms with Crippen LogP contribution in [0.1, 0.15) is 53.9 Å². The molecule has 1 saturated heterocycles. The summed E-state index contributed by atoms with van der Waals surface area (Å²) in [4.78, 5) is 14.0. The Hall–Kier alpha value is -0.770. The van der Waals surface area contributed by atoms with Crippen molar-refractivity contribution in [2.45, 2.75) is 65.5 Å². The fourth-order valence-electron chi connectivity index (χ4n) is 2.47. The number of amides is 1. The average molecular weight is 270 g/mol. The van der Waals surface area contributed by atoms with Crippen LogP contribution in [0.15, 0.2) is 0 Å². The first kappa shape index (κ1) is 16.3. The average Bonchev–Trinajstić information content (AvgIpc) is 2.33. The highest BCUT2D eigenvalue weighted by molar-refractivity contribution is 5.68. The molecule has 0 bridgehead atoms. The minimum Gasteiger partial charge on any atom is -0.444 e. The van der Waals surface area contributed by atoms with Crippen molar-refractivity contribution in [3.8, 4) is 0 Å². The summed E-state index contributed by atoms with van der Waals surface area (Å²) in [5.74, 6) is 0.579. The second-order valence-electron chi connectivity index (χ2n) is 6.55. The van der Waals surface area contributed by atoms with E-state index in [0.717, 1.165) is 38.9 Å². The molecule has 1 aliphatic rings. The molecule has 0 saturated carbocycles. The molecule has 0 spiro atoms. The predicted molar refractivity (Wildman–Crippen MR) is 78.3 cm³/mol. The molecule has 1 rings (SSSR count). The van der Waals surface area contributed by atoms with Crippen molar-refractivity contribution < 1.29 is 9.53 Å². The summed E-state index contributed by atoms with van der Waals surface area (Å²) in [6.45, 7) is 12.7. The lowest BCUT2D eigenvalue weighted by Gasteiger charge is -2.38. The SMILES string of the molecule is CCCNC1CC(CC)CN(C(=O)OC(C)(C)C)C1. The van der Waals surface area contributed by atoms with E-state index in [4.69, 9.17) is 4.74 Å². The maximum atomic E-state index is 12.2. The maximum absolute atomic E-state index is 12.2. The van der Waals surface area contributed by atoms with Crippen molar-refractivity contribution in [2.75, 3.05) is 19.6 Å². The van der Waals surface area contributed by atoms with Crippen molar-refractivity contribution in [3.63, 3.8) is 0 Å². The van der Waals surface area contributed by atoms with Gasteiger partial charge in [-0.05, 0) is 46.1 Å². The normalized spacial score (nSPS) is 24.4. The lowest BCUT2D eigenvalue weighted by molar-refractivity contribution is 0.0125.